The zero-order chi connectivity index (χ0) is 13.5. The Balaban J connectivity index is 1.82. The van der Waals surface area contributed by atoms with Gasteiger partial charge in [0.2, 0.25) is 5.91 Å². The van der Waals surface area contributed by atoms with Gasteiger partial charge in [-0.2, -0.15) is 0 Å². The SMILES string of the molecule is CC1(C)NCCN(Cc2nc3ccccc3s2)C1=O. The van der Waals surface area contributed by atoms with E-state index in [0.717, 1.165) is 23.6 Å². The Morgan fingerprint density at radius 2 is 2.21 bits per heavy atom. The smallest absolute Gasteiger partial charge is 0.242 e. The summed E-state index contributed by atoms with van der Waals surface area (Å²) >= 11 is 1.67. The molecule has 1 aliphatic heterocycles. The Morgan fingerprint density at radius 3 is 3.00 bits per heavy atom. The van der Waals surface area contributed by atoms with Crippen LogP contribution in [0, 0.1) is 0 Å². The van der Waals surface area contributed by atoms with Crippen LogP contribution in [0.25, 0.3) is 10.2 Å². The predicted octanol–water partition coefficient (Wildman–Crippen LogP) is 2.01. The van der Waals surface area contributed by atoms with E-state index in [9.17, 15) is 4.79 Å². The maximum absolute atomic E-state index is 12.3. The minimum atomic E-state index is -0.463. The maximum atomic E-state index is 12.3. The fourth-order valence-corrected chi connectivity index (χ4v) is 3.36. The number of benzene rings is 1. The summed E-state index contributed by atoms with van der Waals surface area (Å²) in [7, 11) is 0. The van der Waals surface area contributed by atoms with Gasteiger partial charge in [0.05, 0.1) is 22.3 Å². The number of amides is 1. The molecule has 0 atom stereocenters. The predicted molar refractivity (Wildman–Crippen MR) is 77.1 cm³/mol. The molecule has 0 saturated carbocycles. The number of thiazole rings is 1. The van der Waals surface area contributed by atoms with E-state index in [1.165, 1.54) is 4.70 Å². The Labute approximate surface area is 116 Å². The van der Waals surface area contributed by atoms with Gasteiger partial charge in [0, 0.05) is 13.1 Å². The van der Waals surface area contributed by atoms with E-state index in [1.54, 1.807) is 11.3 Å². The van der Waals surface area contributed by atoms with Crippen molar-refractivity contribution in [3.05, 3.63) is 29.3 Å². The molecular formula is C14H17N3OS. The second kappa shape index (κ2) is 4.58. The highest BCUT2D eigenvalue weighted by atomic mass is 32.1. The zero-order valence-electron chi connectivity index (χ0n) is 11.1. The highest BCUT2D eigenvalue weighted by Crippen LogP contribution is 2.24. The lowest BCUT2D eigenvalue weighted by Crippen LogP contribution is -2.60. The highest BCUT2D eigenvalue weighted by molar-refractivity contribution is 7.18. The number of hydrogen-bond donors (Lipinski definition) is 1. The van der Waals surface area contributed by atoms with E-state index in [4.69, 9.17) is 0 Å². The molecule has 1 aliphatic rings. The Kier molecular flexibility index (Phi) is 3.03. The van der Waals surface area contributed by atoms with Crippen molar-refractivity contribution in [1.82, 2.24) is 15.2 Å². The average molecular weight is 275 g/mol. The van der Waals surface area contributed by atoms with E-state index in [0.29, 0.717) is 6.54 Å². The number of fused-ring (bicyclic) bond motifs is 1. The molecule has 0 bridgehead atoms. The molecule has 100 valence electrons. The van der Waals surface area contributed by atoms with Gasteiger partial charge in [0.1, 0.15) is 5.01 Å². The van der Waals surface area contributed by atoms with Gasteiger partial charge in [-0.1, -0.05) is 12.1 Å². The summed E-state index contributed by atoms with van der Waals surface area (Å²) in [6.45, 7) is 6.06. The van der Waals surface area contributed by atoms with Gasteiger partial charge >= 0.3 is 0 Å². The highest BCUT2D eigenvalue weighted by Gasteiger charge is 2.35. The molecule has 1 saturated heterocycles. The summed E-state index contributed by atoms with van der Waals surface area (Å²) < 4.78 is 1.18. The van der Waals surface area contributed by atoms with E-state index in [2.05, 4.69) is 16.4 Å². The number of nitrogens with one attached hydrogen (secondary N) is 1. The first kappa shape index (κ1) is 12.6. The molecule has 4 nitrogen and oxygen atoms in total. The molecule has 1 fully saturated rings. The number of nitrogens with zero attached hydrogens (tertiary/aromatic N) is 2. The van der Waals surface area contributed by atoms with Gasteiger partial charge in [-0.15, -0.1) is 11.3 Å². The van der Waals surface area contributed by atoms with Crippen LogP contribution < -0.4 is 5.32 Å². The molecule has 1 aromatic heterocycles. The van der Waals surface area contributed by atoms with Crippen LogP contribution in [0.2, 0.25) is 0 Å². The van der Waals surface area contributed by atoms with Crippen molar-refractivity contribution in [1.29, 1.82) is 0 Å². The maximum Gasteiger partial charge on any atom is 0.242 e. The van der Waals surface area contributed by atoms with Crippen LogP contribution in [0.1, 0.15) is 18.9 Å². The third-order valence-corrected chi connectivity index (χ3v) is 4.46. The molecule has 0 spiro atoms. The van der Waals surface area contributed by atoms with Crippen molar-refractivity contribution in [3.8, 4) is 0 Å². The molecule has 1 N–H and O–H groups in total. The minimum absolute atomic E-state index is 0.151. The van der Waals surface area contributed by atoms with Crippen LogP contribution in [0.4, 0.5) is 0 Å². The lowest BCUT2D eigenvalue weighted by atomic mass is 10.0. The third kappa shape index (κ3) is 2.35. The summed E-state index contributed by atoms with van der Waals surface area (Å²) in [4.78, 5) is 18.8. The van der Waals surface area contributed by atoms with Gasteiger partial charge in [-0.3, -0.25) is 4.79 Å². The number of carbonyl (C=O) groups excluding carboxylic acids is 1. The topological polar surface area (TPSA) is 45.2 Å². The van der Waals surface area contributed by atoms with Crippen molar-refractivity contribution < 1.29 is 4.79 Å². The summed E-state index contributed by atoms with van der Waals surface area (Å²) in [5.41, 5.74) is 0.555. The van der Waals surface area contributed by atoms with Crippen LogP contribution >= 0.6 is 11.3 Å². The van der Waals surface area contributed by atoms with Gasteiger partial charge in [-0.05, 0) is 26.0 Å². The van der Waals surface area contributed by atoms with Crippen molar-refractivity contribution in [3.63, 3.8) is 0 Å². The molecule has 19 heavy (non-hydrogen) atoms. The second-order valence-electron chi connectivity index (χ2n) is 5.35. The summed E-state index contributed by atoms with van der Waals surface area (Å²) in [6.07, 6.45) is 0. The summed E-state index contributed by atoms with van der Waals surface area (Å²) in [5, 5.41) is 4.25. The van der Waals surface area contributed by atoms with E-state index in [-0.39, 0.29) is 5.91 Å². The van der Waals surface area contributed by atoms with Gasteiger partial charge in [-0.25, -0.2) is 4.98 Å². The normalized spacial score (nSPS) is 19.1. The first-order chi connectivity index (χ1) is 9.06. The zero-order valence-corrected chi connectivity index (χ0v) is 12.0. The lowest BCUT2D eigenvalue weighted by molar-refractivity contribution is -0.140. The third-order valence-electron chi connectivity index (χ3n) is 3.43. The van der Waals surface area contributed by atoms with E-state index < -0.39 is 5.54 Å². The summed E-state index contributed by atoms with van der Waals surface area (Å²) in [5.74, 6) is 0.151. The number of carbonyl (C=O) groups is 1. The standard InChI is InChI=1S/C14H17N3OS/c1-14(2)13(18)17(8-7-15-14)9-12-16-10-5-3-4-6-11(10)19-12/h3-6,15H,7-9H2,1-2H3. The van der Waals surface area contributed by atoms with Crippen molar-refractivity contribution in [2.45, 2.75) is 25.9 Å². The molecule has 5 heteroatoms. The number of para-hydroxylation sites is 1. The van der Waals surface area contributed by atoms with Crippen LogP contribution in [-0.4, -0.2) is 34.4 Å². The second-order valence-corrected chi connectivity index (χ2v) is 6.47. The molecule has 3 rings (SSSR count). The molecule has 2 heterocycles. The quantitative estimate of drug-likeness (QED) is 0.912. The Morgan fingerprint density at radius 1 is 1.42 bits per heavy atom. The molecule has 0 aliphatic carbocycles. The number of piperazine rings is 1. The molecule has 0 unspecified atom stereocenters. The molecule has 0 radical (unpaired) electrons. The van der Waals surface area contributed by atoms with Gasteiger partial charge < -0.3 is 10.2 Å². The van der Waals surface area contributed by atoms with Crippen LogP contribution in [0.15, 0.2) is 24.3 Å². The fourth-order valence-electron chi connectivity index (χ4n) is 2.38. The first-order valence-corrected chi connectivity index (χ1v) is 7.27. The molecular weight excluding hydrogens is 258 g/mol. The van der Waals surface area contributed by atoms with Gasteiger partial charge in [0.15, 0.2) is 0 Å². The van der Waals surface area contributed by atoms with Crippen molar-refractivity contribution >= 4 is 27.5 Å². The Bertz CT molecular complexity index is 587. The lowest BCUT2D eigenvalue weighted by Gasteiger charge is -2.37. The number of rotatable bonds is 2. The average Bonchev–Trinajstić information content (AvgIpc) is 2.77. The van der Waals surface area contributed by atoms with E-state index >= 15 is 0 Å². The Hall–Kier alpha value is -1.46. The van der Waals surface area contributed by atoms with Gasteiger partial charge in [0.25, 0.3) is 0 Å². The largest absolute Gasteiger partial charge is 0.333 e. The molecule has 2 aromatic rings. The van der Waals surface area contributed by atoms with Crippen LogP contribution in [0.3, 0.4) is 0 Å². The first-order valence-electron chi connectivity index (χ1n) is 6.45. The molecule has 1 aromatic carbocycles. The van der Waals surface area contributed by atoms with Crippen molar-refractivity contribution in [2.75, 3.05) is 13.1 Å². The monoisotopic (exact) mass is 275 g/mol. The number of aromatic nitrogens is 1. The fraction of sp³-hybridized carbons (Fsp3) is 0.429. The molecule has 1 amide bonds. The van der Waals surface area contributed by atoms with Crippen LogP contribution in [-0.2, 0) is 11.3 Å². The minimum Gasteiger partial charge on any atom is -0.333 e. The van der Waals surface area contributed by atoms with E-state index in [1.807, 2.05) is 36.9 Å². The number of hydrogen-bond acceptors (Lipinski definition) is 4. The summed E-state index contributed by atoms with van der Waals surface area (Å²) in [6, 6.07) is 8.09. The van der Waals surface area contributed by atoms with Crippen LogP contribution in [0.5, 0.6) is 0 Å². The van der Waals surface area contributed by atoms with Crippen molar-refractivity contribution in [2.24, 2.45) is 0 Å².